The molecular weight excluding hydrogens is 720 g/mol. The van der Waals surface area contributed by atoms with Gasteiger partial charge in [-0.1, -0.05) is 111 Å². The van der Waals surface area contributed by atoms with Gasteiger partial charge in [-0.3, -0.25) is 19.6 Å². The Balaban J connectivity index is 1.09. The molecule has 0 spiro atoms. The highest BCUT2D eigenvalue weighted by Gasteiger charge is 2.24. The molecule has 0 amide bonds. The summed E-state index contributed by atoms with van der Waals surface area (Å²) in [7, 11) is 3.45. The lowest BCUT2D eigenvalue weighted by atomic mass is 9.98. The van der Waals surface area contributed by atoms with Gasteiger partial charge in [-0.15, -0.1) is 0 Å². The number of halogens is 2. The molecule has 0 bridgehead atoms. The zero-order valence-electron chi connectivity index (χ0n) is 28.1. The smallest absolute Gasteiger partial charge is 0.124 e. The molecule has 2 fully saturated rings. The van der Waals surface area contributed by atoms with Crippen LogP contribution in [-0.4, -0.2) is 77.1 Å². The highest BCUT2D eigenvalue weighted by Crippen LogP contribution is 2.40. The van der Waals surface area contributed by atoms with Gasteiger partial charge in [0.15, 0.2) is 0 Å². The Hall–Kier alpha value is -2.63. The Morgan fingerprint density at radius 1 is 0.560 bits per heavy atom. The number of hydrogen-bond donors (Lipinski definition) is 1. The van der Waals surface area contributed by atoms with Gasteiger partial charge < -0.3 is 5.11 Å². The average Bonchev–Trinajstić information content (AvgIpc) is 3.49. The molecule has 0 radical (unpaired) electrons. The van der Waals surface area contributed by atoms with Crippen LogP contribution in [0.4, 0.5) is 0 Å². The second kappa shape index (κ2) is 16.8. The van der Waals surface area contributed by atoms with E-state index < -0.39 is 0 Å². The van der Waals surface area contributed by atoms with Crippen LogP contribution >= 0.6 is 56.1 Å². The van der Waals surface area contributed by atoms with Crippen molar-refractivity contribution in [2.45, 2.75) is 32.6 Å². The summed E-state index contributed by atoms with van der Waals surface area (Å²) in [6, 6.07) is 31.4. The van der Waals surface area contributed by atoms with Crippen molar-refractivity contribution in [3.8, 4) is 16.2 Å². The lowest BCUT2D eigenvalue weighted by Crippen LogP contribution is -2.45. The summed E-state index contributed by atoms with van der Waals surface area (Å²) < 4.78 is 0.957. The molecule has 3 heterocycles. The van der Waals surface area contributed by atoms with E-state index in [-0.39, 0.29) is 0 Å². The topological polar surface area (TPSA) is 33.2 Å². The van der Waals surface area contributed by atoms with E-state index in [1.807, 2.05) is 24.3 Å². The molecule has 0 unspecified atom stereocenters. The molecule has 7 rings (SSSR count). The van der Waals surface area contributed by atoms with Gasteiger partial charge in [0, 0.05) is 112 Å². The van der Waals surface area contributed by atoms with Crippen molar-refractivity contribution in [1.82, 2.24) is 19.6 Å². The molecule has 50 heavy (non-hydrogen) atoms. The summed E-state index contributed by atoms with van der Waals surface area (Å²) in [5.74, 6) is 0.435. The molecule has 260 valence electrons. The molecule has 2 aliphatic heterocycles. The molecule has 10 heteroatoms. The van der Waals surface area contributed by atoms with Gasteiger partial charge in [0.1, 0.15) is 9.57 Å². The molecule has 1 N–H and O–H groups in total. The molecule has 5 aromatic rings. The zero-order valence-corrected chi connectivity index (χ0v) is 32.0. The van der Waals surface area contributed by atoms with Gasteiger partial charge in [-0.25, -0.2) is 0 Å². The Morgan fingerprint density at radius 2 is 1.00 bits per heavy atom. The van der Waals surface area contributed by atoms with Gasteiger partial charge in [0.05, 0.1) is 4.88 Å². The zero-order chi connectivity index (χ0) is 34.5. The Morgan fingerprint density at radius 3 is 1.46 bits per heavy atom. The largest absolute Gasteiger partial charge is 0.507 e. The van der Waals surface area contributed by atoms with Crippen molar-refractivity contribution in [3.05, 3.63) is 138 Å². The predicted molar refractivity (Wildman–Crippen MR) is 213 cm³/mol. The lowest BCUT2D eigenvalue weighted by Gasteiger charge is -2.36. The first-order valence-electron chi connectivity index (χ1n) is 17.3. The number of nitrogens with zero attached hydrogens (tertiary/aromatic N) is 4. The lowest BCUT2D eigenvalue weighted by molar-refractivity contribution is 0.119. The molecule has 4 aromatic carbocycles. The molecule has 1 aromatic heterocycles. The fourth-order valence-corrected chi connectivity index (χ4v) is 10.1. The highest BCUT2D eigenvalue weighted by molar-refractivity contribution is 7.80. The number of aromatic hydroxyl groups is 1. The van der Waals surface area contributed by atoms with E-state index in [1.165, 1.54) is 32.7 Å². The van der Waals surface area contributed by atoms with Crippen LogP contribution in [-0.2, 0) is 32.6 Å². The fraction of sp³-hybridized carbons (Fsp3) is 0.325. The van der Waals surface area contributed by atoms with Crippen LogP contribution in [0.2, 0.25) is 10.0 Å². The first kappa shape index (κ1) is 35.8. The van der Waals surface area contributed by atoms with Crippen molar-refractivity contribution >= 4 is 56.1 Å². The van der Waals surface area contributed by atoms with E-state index in [4.69, 9.17) is 35.4 Å². The SMILES string of the molecule is Oc1c(CN2CCN(Cc3ccc(Cl)cc3)CC2)cc(-c2ssc(=S)c2Cc2ccccc2)cc1CN1CCN(Cc2ccc(Cl)cc2)CC1. The molecule has 2 saturated heterocycles. The third kappa shape index (κ3) is 9.23. The Bertz CT molecular complexity index is 1820. The molecule has 0 atom stereocenters. The molecule has 0 saturated carbocycles. The maximum atomic E-state index is 11.9. The number of hydrogen-bond acceptors (Lipinski definition) is 8. The molecule has 0 aliphatic carbocycles. The monoisotopic (exact) mass is 760 g/mol. The van der Waals surface area contributed by atoms with Gasteiger partial charge in [-0.2, -0.15) is 0 Å². The van der Waals surface area contributed by atoms with Crippen LogP contribution in [0, 0.1) is 3.82 Å². The highest BCUT2D eigenvalue weighted by atomic mass is 35.5. The Kier molecular flexibility index (Phi) is 12.0. The summed E-state index contributed by atoms with van der Waals surface area (Å²) in [6.07, 6.45) is 0.811. The van der Waals surface area contributed by atoms with E-state index in [0.29, 0.717) is 5.75 Å². The van der Waals surface area contributed by atoms with E-state index in [2.05, 4.69) is 86.3 Å². The standard InChI is InChI=1S/C40H42Cl2N4OS3/c41-35-10-6-30(7-11-35)25-43-14-18-45(19-15-43)27-33-23-32(39-37(40(48)50-49-39)22-29-4-2-1-3-5-29)24-34(38(33)47)28-46-20-16-44(17-21-46)26-31-8-12-36(42)13-9-31/h1-13,23-24,47H,14-22,25-28H2. The van der Waals surface area contributed by atoms with E-state index in [0.717, 1.165) is 110 Å². The number of phenols is 1. The van der Waals surface area contributed by atoms with Crippen LogP contribution in [0.15, 0.2) is 91.0 Å². The van der Waals surface area contributed by atoms with Crippen LogP contribution < -0.4 is 0 Å². The summed E-state index contributed by atoms with van der Waals surface area (Å²) in [4.78, 5) is 11.2. The summed E-state index contributed by atoms with van der Waals surface area (Å²) in [6.45, 7) is 11.1. The third-order valence-electron chi connectivity index (χ3n) is 9.83. The minimum atomic E-state index is 0.435. The van der Waals surface area contributed by atoms with Crippen LogP contribution in [0.5, 0.6) is 5.75 Å². The van der Waals surface area contributed by atoms with Gasteiger partial charge in [0.2, 0.25) is 0 Å². The van der Waals surface area contributed by atoms with Gasteiger partial charge >= 0.3 is 0 Å². The van der Waals surface area contributed by atoms with E-state index >= 15 is 0 Å². The van der Waals surface area contributed by atoms with Crippen molar-refractivity contribution in [1.29, 1.82) is 0 Å². The van der Waals surface area contributed by atoms with Crippen molar-refractivity contribution in [2.75, 3.05) is 52.4 Å². The second-order valence-electron chi connectivity index (χ2n) is 13.4. The molecule has 5 nitrogen and oxygen atoms in total. The number of rotatable bonds is 11. The maximum Gasteiger partial charge on any atom is 0.124 e. The summed E-state index contributed by atoms with van der Waals surface area (Å²) in [5, 5.41) is 13.4. The minimum absolute atomic E-state index is 0.435. The van der Waals surface area contributed by atoms with Crippen LogP contribution in [0.25, 0.3) is 10.4 Å². The fourth-order valence-electron chi connectivity index (χ4n) is 6.97. The normalized spacial score (nSPS) is 16.6. The van der Waals surface area contributed by atoms with Crippen molar-refractivity contribution in [3.63, 3.8) is 0 Å². The minimum Gasteiger partial charge on any atom is -0.507 e. The van der Waals surface area contributed by atoms with Crippen LogP contribution in [0.1, 0.15) is 33.4 Å². The molecule has 2 aliphatic rings. The van der Waals surface area contributed by atoms with Crippen molar-refractivity contribution < 1.29 is 5.11 Å². The van der Waals surface area contributed by atoms with Crippen LogP contribution in [0.3, 0.4) is 0 Å². The first-order chi connectivity index (χ1) is 24.4. The first-order valence-corrected chi connectivity index (χ1v) is 20.6. The number of phenolic OH excluding ortho intramolecular Hbond substituents is 1. The van der Waals surface area contributed by atoms with E-state index in [9.17, 15) is 5.11 Å². The summed E-state index contributed by atoms with van der Waals surface area (Å²) >= 11 is 18.1. The number of piperazine rings is 2. The maximum absolute atomic E-state index is 11.9. The molecular formula is C40H42Cl2N4OS3. The summed E-state index contributed by atoms with van der Waals surface area (Å²) in [5.41, 5.74) is 8.22. The van der Waals surface area contributed by atoms with Crippen molar-refractivity contribution in [2.24, 2.45) is 0 Å². The third-order valence-corrected chi connectivity index (χ3v) is 13.5. The number of benzene rings is 4. The average molecular weight is 762 g/mol. The van der Waals surface area contributed by atoms with Gasteiger partial charge in [-0.05, 0) is 58.7 Å². The van der Waals surface area contributed by atoms with E-state index in [1.54, 1.807) is 20.7 Å². The van der Waals surface area contributed by atoms with Gasteiger partial charge in [0.25, 0.3) is 0 Å². The second-order valence-corrected chi connectivity index (χ2v) is 17.1. The quantitative estimate of drug-likeness (QED) is 0.107. The Labute approximate surface area is 318 Å². The predicted octanol–water partition coefficient (Wildman–Crippen LogP) is 9.44.